The van der Waals surface area contributed by atoms with E-state index in [0.29, 0.717) is 41.4 Å². The smallest absolute Gasteiger partial charge is 0.309 e. The molecule has 1 N–H and O–H groups in total. The maximum atomic E-state index is 12.6. The zero-order chi connectivity index (χ0) is 25.9. The molecule has 0 amide bonds. The summed E-state index contributed by atoms with van der Waals surface area (Å²) in [6.07, 6.45) is 16.0. The van der Waals surface area contributed by atoms with Crippen LogP contribution in [0.4, 0.5) is 0 Å². The number of hydrogen-bond donors (Lipinski definition) is 1. The van der Waals surface area contributed by atoms with Crippen LogP contribution in [-0.4, -0.2) is 23.1 Å². The molecular formula is C32H52O4. The number of aliphatic carboxylic acids is 1. The maximum absolute atomic E-state index is 12.6. The fourth-order valence-corrected chi connectivity index (χ4v) is 11.4. The lowest BCUT2D eigenvalue weighted by atomic mass is 9.33. The third kappa shape index (κ3) is 3.65. The molecule has 4 heteroatoms. The van der Waals surface area contributed by atoms with Crippen molar-refractivity contribution in [1.82, 2.24) is 0 Å². The predicted molar refractivity (Wildman–Crippen MR) is 142 cm³/mol. The first-order chi connectivity index (χ1) is 17.0. The number of carboxylic acid groups (broad SMARTS) is 1. The number of rotatable bonds is 6. The maximum Gasteiger partial charge on any atom is 0.309 e. The van der Waals surface area contributed by atoms with Crippen LogP contribution >= 0.6 is 0 Å². The summed E-state index contributed by atoms with van der Waals surface area (Å²) in [4.78, 5) is 25.1. The van der Waals surface area contributed by atoms with Crippen LogP contribution in [0.15, 0.2) is 0 Å². The molecule has 0 aromatic heterocycles. The fraction of sp³-hybridized carbons (Fsp3) is 0.938. The Morgan fingerprint density at radius 2 is 1.61 bits per heavy atom. The third-order valence-electron chi connectivity index (χ3n) is 13.6. The zero-order valence-corrected chi connectivity index (χ0v) is 23.7. The standard InChI is InChI=1S/C32H52O4/c1-6-7-8-11-27(33)36-25-15-17-29(3)22(21(25)2)14-18-31(5)26(29)13-12-23-24-10-9-16-32(24,28(34)35)20-19-30(23,31)4/h21-26H,6-20H2,1-5H3,(H,34,35)/t21?,22?,23?,24?,25?,26?,29?,30-,31?,32?/m1/s1. The lowest BCUT2D eigenvalue weighted by Crippen LogP contribution is -2.65. The molecule has 0 aliphatic heterocycles. The first-order valence-electron chi connectivity index (χ1n) is 15.5. The van der Waals surface area contributed by atoms with Gasteiger partial charge in [0.1, 0.15) is 6.10 Å². The molecule has 0 saturated heterocycles. The summed E-state index contributed by atoms with van der Waals surface area (Å²) in [6, 6.07) is 0. The minimum Gasteiger partial charge on any atom is -0.481 e. The minimum absolute atomic E-state index is 0.0123. The van der Waals surface area contributed by atoms with Gasteiger partial charge in [0.05, 0.1) is 5.41 Å². The molecule has 4 nitrogen and oxygen atoms in total. The number of unbranched alkanes of at least 4 members (excludes halogenated alkanes) is 2. The van der Waals surface area contributed by atoms with E-state index >= 15 is 0 Å². The predicted octanol–water partition coefficient (Wildman–Crippen LogP) is 8.03. The van der Waals surface area contributed by atoms with E-state index in [0.717, 1.165) is 57.8 Å². The highest BCUT2D eigenvalue weighted by Crippen LogP contribution is 2.76. The van der Waals surface area contributed by atoms with E-state index in [2.05, 4.69) is 34.6 Å². The van der Waals surface area contributed by atoms with Crippen LogP contribution in [0.3, 0.4) is 0 Å². The number of carbonyl (C=O) groups excluding carboxylic acids is 1. The van der Waals surface area contributed by atoms with E-state index in [-0.39, 0.29) is 22.9 Å². The van der Waals surface area contributed by atoms with Gasteiger partial charge in [0.25, 0.3) is 0 Å². The second kappa shape index (κ2) is 9.30. The molecule has 10 atom stereocenters. The van der Waals surface area contributed by atoms with Crippen LogP contribution in [0.2, 0.25) is 0 Å². The zero-order valence-electron chi connectivity index (χ0n) is 23.7. The highest BCUT2D eigenvalue weighted by molar-refractivity contribution is 5.76. The summed E-state index contributed by atoms with van der Waals surface area (Å²) >= 11 is 0. The number of carbonyl (C=O) groups is 2. The Morgan fingerprint density at radius 1 is 0.833 bits per heavy atom. The summed E-state index contributed by atoms with van der Waals surface area (Å²) in [6.45, 7) is 12.3. The van der Waals surface area contributed by atoms with Crippen LogP contribution in [-0.2, 0) is 14.3 Å². The monoisotopic (exact) mass is 500 g/mol. The quantitative estimate of drug-likeness (QED) is 0.296. The van der Waals surface area contributed by atoms with E-state index in [1.807, 2.05) is 0 Å². The van der Waals surface area contributed by atoms with Crippen molar-refractivity contribution in [3.63, 3.8) is 0 Å². The van der Waals surface area contributed by atoms with E-state index in [9.17, 15) is 14.7 Å². The van der Waals surface area contributed by atoms with Crippen LogP contribution in [0.1, 0.15) is 131 Å². The van der Waals surface area contributed by atoms with Gasteiger partial charge in [0.2, 0.25) is 0 Å². The van der Waals surface area contributed by atoms with Crippen molar-refractivity contribution < 1.29 is 19.4 Å². The first kappa shape index (κ1) is 26.5. The number of fused-ring (bicyclic) bond motifs is 7. The van der Waals surface area contributed by atoms with E-state index in [1.165, 1.54) is 32.1 Å². The molecule has 204 valence electrons. The van der Waals surface area contributed by atoms with Crippen LogP contribution in [0.25, 0.3) is 0 Å². The van der Waals surface area contributed by atoms with Gasteiger partial charge in [-0.15, -0.1) is 0 Å². The molecular weight excluding hydrogens is 448 g/mol. The van der Waals surface area contributed by atoms with Crippen molar-refractivity contribution >= 4 is 11.9 Å². The van der Waals surface area contributed by atoms with E-state index in [1.54, 1.807) is 0 Å². The van der Waals surface area contributed by atoms with Crippen LogP contribution in [0.5, 0.6) is 0 Å². The highest BCUT2D eigenvalue weighted by atomic mass is 16.5. The van der Waals surface area contributed by atoms with Gasteiger partial charge < -0.3 is 9.84 Å². The number of ether oxygens (including phenoxy) is 1. The van der Waals surface area contributed by atoms with Crippen LogP contribution < -0.4 is 0 Å². The van der Waals surface area contributed by atoms with Crippen LogP contribution in [0, 0.1) is 51.2 Å². The summed E-state index contributed by atoms with van der Waals surface area (Å²) in [5.41, 5.74) is 0.367. The molecule has 0 aromatic carbocycles. The molecule has 0 radical (unpaired) electrons. The first-order valence-corrected chi connectivity index (χ1v) is 15.5. The van der Waals surface area contributed by atoms with Gasteiger partial charge in [-0.05, 0) is 116 Å². The van der Waals surface area contributed by atoms with Gasteiger partial charge in [-0.2, -0.15) is 0 Å². The number of hydrogen-bond acceptors (Lipinski definition) is 3. The molecule has 9 unspecified atom stereocenters. The Labute approximate surface area is 219 Å². The Balaban J connectivity index is 1.35. The van der Waals surface area contributed by atoms with Crippen molar-refractivity contribution in [3.05, 3.63) is 0 Å². The summed E-state index contributed by atoms with van der Waals surface area (Å²) in [5.74, 6) is 2.17. The van der Waals surface area contributed by atoms with Gasteiger partial charge in [-0.3, -0.25) is 9.59 Å². The molecule has 0 aromatic rings. The van der Waals surface area contributed by atoms with Gasteiger partial charge in [-0.1, -0.05) is 53.9 Å². The molecule has 0 heterocycles. The lowest BCUT2D eigenvalue weighted by Gasteiger charge is -2.71. The summed E-state index contributed by atoms with van der Waals surface area (Å²) in [5, 5.41) is 10.3. The minimum atomic E-state index is -0.508. The number of carboxylic acids is 1. The molecule has 5 aliphatic rings. The normalized spacial score (nSPS) is 49.8. The third-order valence-corrected chi connectivity index (χ3v) is 13.6. The highest BCUT2D eigenvalue weighted by Gasteiger charge is 2.70. The molecule has 5 rings (SSSR count). The Morgan fingerprint density at radius 3 is 2.33 bits per heavy atom. The van der Waals surface area contributed by atoms with Gasteiger partial charge in [0.15, 0.2) is 0 Å². The van der Waals surface area contributed by atoms with Crippen molar-refractivity contribution in [2.24, 2.45) is 51.2 Å². The summed E-state index contributed by atoms with van der Waals surface area (Å²) in [7, 11) is 0. The average Bonchev–Trinajstić information content (AvgIpc) is 3.27. The van der Waals surface area contributed by atoms with Crippen molar-refractivity contribution in [2.75, 3.05) is 0 Å². The average molecular weight is 501 g/mol. The Hall–Kier alpha value is -1.06. The van der Waals surface area contributed by atoms with Crippen molar-refractivity contribution in [1.29, 1.82) is 0 Å². The van der Waals surface area contributed by atoms with Crippen molar-refractivity contribution in [3.8, 4) is 0 Å². The van der Waals surface area contributed by atoms with Gasteiger partial charge in [-0.25, -0.2) is 0 Å². The molecule has 36 heavy (non-hydrogen) atoms. The Kier molecular flexibility index (Phi) is 6.85. The molecule has 0 bridgehead atoms. The van der Waals surface area contributed by atoms with Crippen molar-refractivity contribution in [2.45, 2.75) is 137 Å². The lowest BCUT2D eigenvalue weighted by molar-refractivity contribution is -0.236. The van der Waals surface area contributed by atoms with Gasteiger partial charge >= 0.3 is 11.9 Å². The molecule has 0 spiro atoms. The second-order valence-electron chi connectivity index (χ2n) is 14.6. The fourth-order valence-electron chi connectivity index (χ4n) is 11.4. The topological polar surface area (TPSA) is 63.6 Å². The number of esters is 1. The Bertz CT molecular complexity index is 868. The largest absolute Gasteiger partial charge is 0.481 e. The SMILES string of the molecule is CCCCCC(=O)OC1CCC2(C)C(CCC3(C)C2CCC2C4CCCC4(C(=O)O)CC[C@]23C)C1C. The second-order valence-corrected chi connectivity index (χ2v) is 14.6. The van der Waals surface area contributed by atoms with E-state index in [4.69, 9.17) is 4.74 Å². The van der Waals surface area contributed by atoms with E-state index < -0.39 is 11.4 Å². The van der Waals surface area contributed by atoms with Gasteiger partial charge in [0, 0.05) is 6.42 Å². The molecule has 5 aliphatic carbocycles. The summed E-state index contributed by atoms with van der Waals surface area (Å²) < 4.78 is 6.10. The molecule has 5 fully saturated rings. The molecule has 5 saturated carbocycles.